The number of likely N-dealkylation sites (tertiary alicyclic amines) is 2. The zero-order valence-electron chi connectivity index (χ0n) is 11.4. The Morgan fingerprint density at radius 1 is 1.12 bits per heavy atom. The molecule has 0 amide bonds. The lowest BCUT2D eigenvalue weighted by atomic mass is 10.1. The van der Waals surface area contributed by atoms with E-state index in [0.717, 1.165) is 24.0 Å². The molecule has 98 valence electrons. The van der Waals surface area contributed by atoms with E-state index in [2.05, 4.69) is 29.1 Å². The molecule has 2 heterocycles. The van der Waals surface area contributed by atoms with E-state index in [9.17, 15) is 0 Å². The molecule has 3 nitrogen and oxygen atoms in total. The van der Waals surface area contributed by atoms with Crippen LogP contribution >= 0.6 is 0 Å². The Balaban J connectivity index is 1.41. The van der Waals surface area contributed by atoms with Gasteiger partial charge in [-0.2, -0.15) is 0 Å². The summed E-state index contributed by atoms with van der Waals surface area (Å²) in [5.41, 5.74) is 0. The van der Waals surface area contributed by atoms with Gasteiger partial charge in [-0.3, -0.25) is 0 Å². The van der Waals surface area contributed by atoms with Crippen molar-refractivity contribution in [2.75, 3.05) is 33.2 Å². The SMILES string of the molecule is CC1CC(NC2CCN(CC3CC3)C2)CN1C. The smallest absolute Gasteiger partial charge is 0.0212 e. The molecule has 0 aromatic carbocycles. The summed E-state index contributed by atoms with van der Waals surface area (Å²) in [6.45, 7) is 7.58. The van der Waals surface area contributed by atoms with Crippen molar-refractivity contribution in [3.8, 4) is 0 Å². The van der Waals surface area contributed by atoms with Crippen molar-refractivity contribution in [2.45, 2.75) is 50.7 Å². The highest BCUT2D eigenvalue weighted by Gasteiger charge is 2.32. The van der Waals surface area contributed by atoms with Gasteiger partial charge in [0.1, 0.15) is 0 Å². The fourth-order valence-corrected chi connectivity index (χ4v) is 3.45. The van der Waals surface area contributed by atoms with Crippen molar-refractivity contribution in [1.82, 2.24) is 15.1 Å². The second-order valence-corrected chi connectivity index (χ2v) is 6.58. The second kappa shape index (κ2) is 4.87. The van der Waals surface area contributed by atoms with Gasteiger partial charge in [0.15, 0.2) is 0 Å². The molecule has 1 saturated carbocycles. The Bertz CT molecular complexity index is 254. The first-order chi connectivity index (χ1) is 8.20. The molecule has 0 aromatic heterocycles. The van der Waals surface area contributed by atoms with Crippen LogP contribution in [0.25, 0.3) is 0 Å². The van der Waals surface area contributed by atoms with Crippen LogP contribution in [0.5, 0.6) is 0 Å². The lowest BCUT2D eigenvalue weighted by molar-refractivity contribution is 0.305. The van der Waals surface area contributed by atoms with Gasteiger partial charge < -0.3 is 15.1 Å². The molecule has 3 atom stereocenters. The van der Waals surface area contributed by atoms with Crippen molar-refractivity contribution in [1.29, 1.82) is 0 Å². The lowest BCUT2D eigenvalue weighted by Gasteiger charge is -2.20. The van der Waals surface area contributed by atoms with E-state index in [4.69, 9.17) is 0 Å². The summed E-state index contributed by atoms with van der Waals surface area (Å²) in [5, 5.41) is 3.88. The quantitative estimate of drug-likeness (QED) is 0.791. The number of nitrogens with zero attached hydrogens (tertiary/aromatic N) is 2. The maximum absolute atomic E-state index is 3.88. The van der Waals surface area contributed by atoms with Crippen molar-refractivity contribution < 1.29 is 0 Å². The number of hydrogen-bond acceptors (Lipinski definition) is 3. The molecule has 1 aliphatic carbocycles. The van der Waals surface area contributed by atoms with E-state index in [1.165, 1.54) is 51.9 Å². The fraction of sp³-hybridized carbons (Fsp3) is 1.00. The summed E-state index contributed by atoms with van der Waals surface area (Å²) in [6, 6.07) is 2.26. The molecular formula is C14H27N3. The highest BCUT2D eigenvalue weighted by Crippen LogP contribution is 2.30. The van der Waals surface area contributed by atoms with Crippen LogP contribution in [0.4, 0.5) is 0 Å². The molecule has 3 rings (SSSR count). The van der Waals surface area contributed by atoms with Crippen LogP contribution < -0.4 is 5.32 Å². The third-order valence-electron chi connectivity index (χ3n) is 4.84. The van der Waals surface area contributed by atoms with E-state index < -0.39 is 0 Å². The molecule has 3 fully saturated rings. The fourth-order valence-electron chi connectivity index (χ4n) is 3.45. The van der Waals surface area contributed by atoms with E-state index in [1.807, 2.05) is 0 Å². The summed E-state index contributed by atoms with van der Waals surface area (Å²) in [7, 11) is 2.25. The third kappa shape index (κ3) is 3.01. The Hall–Kier alpha value is -0.120. The summed E-state index contributed by atoms with van der Waals surface area (Å²) < 4.78 is 0. The summed E-state index contributed by atoms with van der Waals surface area (Å²) in [5.74, 6) is 1.05. The van der Waals surface area contributed by atoms with Crippen molar-refractivity contribution in [3.63, 3.8) is 0 Å². The minimum atomic E-state index is 0.737. The van der Waals surface area contributed by atoms with Crippen LogP contribution in [0.3, 0.4) is 0 Å². The maximum Gasteiger partial charge on any atom is 0.0212 e. The monoisotopic (exact) mass is 237 g/mol. The van der Waals surface area contributed by atoms with Gasteiger partial charge in [0.05, 0.1) is 0 Å². The highest BCUT2D eigenvalue weighted by molar-refractivity contribution is 4.91. The van der Waals surface area contributed by atoms with Gasteiger partial charge in [0.25, 0.3) is 0 Å². The Labute approximate surface area is 106 Å². The van der Waals surface area contributed by atoms with Crippen molar-refractivity contribution >= 4 is 0 Å². The van der Waals surface area contributed by atoms with Crippen LogP contribution in [0, 0.1) is 5.92 Å². The Morgan fingerprint density at radius 2 is 1.94 bits per heavy atom. The standard InChI is InChI=1S/C14H27N3/c1-11-7-14(9-16(11)2)15-13-5-6-17(10-13)8-12-3-4-12/h11-15H,3-10H2,1-2H3. The van der Waals surface area contributed by atoms with E-state index in [0.29, 0.717) is 0 Å². The summed E-state index contributed by atoms with van der Waals surface area (Å²) in [4.78, 5) is 5.16. The van der Waals surface area contributed by atoms with Gasteiger partial charge in [-0.1, -0.05) is 0 Å². The van der Waals surface area contributed by atoms with Crippen molar-refractivity contribution in [2.24, 2.45) is 5.92 Å². The summed E-state index contributed by atoms with van der Waals surface area (Å²) in [6.07, 6.45) is 5.66. The van der Waals surface area contributed by atoms with Crippen LogP contribution in [-0.2, 0) is 0 Å². The third-order valence-corrected chi connectivity index (χ3v) is 4.84. The Kier molecular flexibility index (Phi) is 3.42. The second-order valence-electron chi connectivity index (χ2n) is 6.58. The largest absolute Gasteiger partial charge is 0.309 e. The average Bonchev–Trinajstić information content (AvgIpc) is 2.89. The molecule has 2 saturated heterocycles. The topological polar surface area (TPSA) is 18.5 Å². The van der Waals surface area contributed by atoms with Crippen LogP contribution in [0.2, 0.25) is 0 Å². The van der Waals surface area contributed by atoms with E-state index in [-0.39, 0.29) is 0 Å². The molecular weight excluding hydrogens is 210 g/mol. The van der Waals surface area contributed by atoms with Gasteiger partial charge in [0.2, 0.25) is 0 Å². The van der Waals surface area contributed by atoms with Crippen LogP contribution in [0.15, 0.2) is 0 Å². The predicted molar refractivity (Wildman–Crippen MR) is 71.2 cm³/mol. The maximum atomic E-state index is 3.88. The number of nitrogens with one attached hydrogen (secondary N) is 1. The number of rotatable bonds is 4. The minimum absolute atomic E-state index is 0.737. The molecule has 1 N–H and O–H groups in total. The van der Waals surface area contributed by atoms with Gasteiger partial charge >= 0.3 is 0 Å². The highest BCUT2D eigenvalue weighted by atomic mass is 15.2. The van der Waals surface area contributed by atoms with E-state index >= 15 is 0 Å². The van der Waals surface area contributed by atoms with Gasteiger partial charge in [-0.05, 0) is 52.1 Å². The molecule has 3 aliphatic rings. The molecule has 0 spiro atoms. The minimum Gasteiger partial charge on any atom is -0.309 e. The first-order valence-electron chi connectivity index (χ1n) is 7.39. The molecule has 17 heavy (non-hydrogen) atoms. The summed E-state index contributed by atoms with van der Waals surface area (Å²) >= 11 is 0. The number of likely N-dealkylation sites (N-methyl/N-ethyl adjacent to an activating group) is 1. The zero-order valence-corrected chi connectivity index (χ0v) is 11.4. The van der Waals surface area contributed by atoms with Crippen LogP contribution in [0.1, 0.15) is 32.6 Å². The average molecular weight is 237 g/mol. The molecule has 0 radical (unpaired) electrons. The molecule has 3 heteroatoms. The Morgan fingerprint density at radius 3 is 2.59 bits per heavy atom. The molecule has 0 bridgehead atoms. The molecule has 2 aliphatic heterocycles. The van der Waals surface area contributed by atoms with Gasteiger partial charge in [0, 0.05) is 37.8 Å². The van der Waals surface area contributed by atoms with Gasteiger partial charge in [-0.25, -0.2) is 0 Å². The normalized spacial score (nSPS) is 40.2. The van der Waals surface area contributed by atoms with Gasteiger partial charge in [-0.15, -0.1) is 0 Å². The van der Waals surface area contributed by atoms with E-state index in [1.54, 1.807) is 0 Å². The first-order valence-corrected chi connectivity index (χ1v) is 7.39. The van der Waals surface area contributed by atoms with Crippen LogP contribution in [-0.4, -0.2) is 61.2 Å². The lowest BCUT2D eigenvalue weighted by Crippen LogP contribution is -2.41. The van der Waals surface area contributed by atoms with Crippen molar-refractivity contribution in [3.05, 3.63) is 0 Å². The predicted octanol–water partition coefficient (Wildman–Crippen LogP) is 1.15. The molecule has 3 unspecified atom stereocenters. The first kappa shape index (κ1) is 11.9. The number of hydrogen-bond donors (Lipinski definition) is 1. The zero-order chi connectivity index (χ0) is 11.8. The molecule has 0 aromatic rings.